The highest BCUT2D eigenvalue weighted by atomic mass is 16.5. The second-order valence-electron chi connectivity index (χ2n) is 5.42. The Morgan fingerprint density at radius 1 is 1.14 bits per heavy atom. The molecule has 3 rings (SSSR count). The molecule has 0 saturated carbocycles. The molecule has 1 saturated heterocycles. The molecule has 4 heteroatoms. The van der Waals surface area contributed by atoms with Gasteiger partial charge in [-0.1, -0.05) is 18.2 Å². The van der Waals surface area contributed by atoms with Crippen molar-refractivity contribution < 1.29 is 9.47 Å². The van der Waals surface area contributed by atoms with E-state index in [4.69, 9.17) is 14.7 Å². The number of nitrogens with zero attached hydrogens (tertiary/aromatic N) is 2. The Bertz CT molecular complexity index is 670. The van der Waals surface area contributed by atoms with E-state index in [0.717, 1.165) is 31.1 Å². The third kappa shape index (κ3) is 3.38. The molecule has 0 radical (unpaired) electrons. The van der Waals surface area contributed by atoms with Crippen molar-refractivity contribution in [2.24, 2.45) is 0 Å². The number of benzene rings is 2. The molecule has 0 N–H and O–H groups in total. The molecule has 0 atom stereocenters. The number of hydrogen-bond donors (Lipinski definition) is 0. The zero-order valence-corrected chi connectivity index (χ0v) is 12.5. The van der Waals surface area contributed by atoms with Crippen molar-refractivity contribution in [1.82, 2.24) is 4.90 Å². The topological polar surface area (TPSA) is 45.5 Å². The summed E-state index contributed by atoms with van der Waals surface area (Å²) in [4.78, 5) is 2.33. The van der Waals surface area contributed by atoms with Crippen molar-refractivity contribution in [3.8, 4) is 17.6 Å². The fourth-order valence-electron chi connectivity index (χ4n) is 2.54. The summed E-state index contributed by atoms with van der Waals surface area (Å²) in [7, 11) is 1.65. The van der Waals surface area contributed by atoms with Crippen molar-refractivity contribution in [3.63, 3.8) is 0 Å². The zero-order chi connectivity index (χ0) is 15.4. The molecule has 1 aliphatic heterocycles. The van der Waals surface area contributed by atoms with Crippen LogP contribution in [-0.4, -0.2) is 31.2 Å². The van der Waals surface area contributed by atoms with Gasteiger partial charge in [-0.2, -0.15) is 5.26 Å². The van der Waals surface area contributed by atoms with Crippen molar-refractivity contribution in [2.45, 2.75) is 12.6 Å². The SMILES string of the molecule is COc1cccc(OC2CN(Cc3ccc(C#N)cc3)C2)c1. The molecule has 0 unspecified atom stereocenters. The minimum atomic E-state index is 0.227. The molecule has 2 aromatic rings. The lowest BCUT2D eigenvalue weighted by atomic mass is 10.1. The van der Waals surface area contributed by atoms with Gasteiger partial charge in [0.05, 0.1) is 18.7 Å². The third-order valence-corrected chi connectivity index (χ3v) is 3.76. The Kier molecular flexibility index (Phi) is 4.27. The van der Waals surface area contributed by atoms with Gasteiger partial charge in [-0.05, 0) is 29.8 Å². The van der Waals surface area contributed by atoms with Crippen LogP contribution in [-0.2, 0) is 6.54 Å². The van der Waals surface area contributed by atoms with Crippen LogP contribution in [0.5, 0.6) is 11.5 Å². The molecule has 0 aliphatic carbocycles. The Morgan fingerprint density at radius 3 is 2.55 bits per heavy atom. The monoisotopic (exact) mass is 294 g/mol. The molecule has 0 bridgehead atoms. The van der Waals surface area contributed by atoms with Crippen LogP contribution in [0.15, 0.2) is 48.5 Å². The summed E-state index contributed by atoms with van der Waals surface area (Å²) in [5, 5.41) is 8.79. The molecule has 112 valence electrons. The van der Waals surface area contributed by atoms with Gasteiger partial charge in [0.1, 0.15) is 17.6 Å². The van der Waals surface area contributed by atoms with Crippen LogP contribution >= 0.6 is 0 Å². The summed E-state index contributed by atoms with van der Waals surface area (Å²) in [5.74, 6) is 1.66. The summed E-state index contributed by atoms with van der Waals surface area (Å²) in [5.41, 5.74) is 1.92. The average molecular weight is 294 g/mol. The van der Waals surface area contributed by atoms with Gasteiger partial charge in [-0.3, -0.25) is 4.90 Å². The second-order valence-corrected chi connectivity index (χ2v) is 5.42. The van der Waals surface area contributed by atoms with Gasteiger partial charge in [-0.15, -0.1) is 0 Å². The van der Waals surface area contributed by atoms with Gasteiger partial charge in [0.25, 0.3) is 0 Å². The average Bonchev–Trinajstić information content (AvgIpc) is 2.53. The first-order valence-electron chi connectivity index (χ1n) is 7.29. The first-order chi connectivity index (χ1) is 10.8. The van der Waals surface area contributed by atoms with Gasteiger partial charge in [0.2, 0.25) is 0 Å². The number of hydrogen-bond acceptors (Lipinski definition) is 4. The van der Waals surface area contributed by atoms with Crippen LogP contribution in [0.4, 0.5) is 0 Å². The lowest BCUT2D eigenvalue weighted by molar-refractivity contribution is 0.0145. The number of methoxy groups -OCH3 is 1. The molecular weight excluding hydrogens is 276 g/mol. The van der Waals surface area contributed by atoms with Gasteiger partial charge < -0.3 is 9.47 Å². The predicted octanol–water partition coefficient (Wildman–Crippen LogP) is 2.83. The van der Waals surface area contributed by atoms with E-state index >= 15 is 0 Å². The molecule has 1 heterocycles. The zero-order valence-electron chi connectivity index (χ0n) is 12.5. The van der Waals surface area contributed by atoms with E-state index in [2.05, 4.69) is 11.0 Å². The second kappa shape index (κ2) is 6.50. The Balaban J connectivity index is 1.48. The minimum absolute atomic E-state index is 0.227. The van der Waals surface area contributed by atoms with Crippen molar-refractivity contribution >= 4 is 0 Å². The summed E-state index contributed by atoms with van der Waals surface area (Å²) in [6.07, 6.45) is 0.227. The van der Waals surface area contributed by atoms with E-state index in [1.165, 1.54) is 5.56 Å². The maximum atomic E-state index is 8.79. The van der Waals surface area contributed by atoms with E-state index in [0.29, 0.717) is 5.56 Å². The van der Waals surface area contributed by atoms with Crippen LogP contribution in [0.25, 0.3) is 0 Å². The minimum Gasteiger partial charge on any atom is -0.497 e. The molecule has 22 heavy (non-hydrogen) atoms. The fourth-order valence-corrected chi connectivity index (χ4v) is 2.54. The highest BCUT2D eigenvalue weighted by Crippen LogP contribution is 2.23. The van der Waals surface area contributed by atoms with Gasteiger partial charge >= 0.3 is 0 Å². The van der Waals surface area contributed by atoms with Crippen LogP contribution in [0.3, 0.4) is 0 Å². The molecular formula is C18H18N2O2. The van der Waals surface area contributed by atoms with E-state index < -0.39 is 0 Å². The maximum absolute atomic E-state index is 8.79. The standard InChI is InChI=1S/C18H18N2O2/c1-21-16-3-2-4-17(9-16)22-18-12-20(13-18)11-15-7-5-14(10-19)6-8-15/h2-9,18H,11-13H2,1H3. The largest absolute Gasteiger partial charge is 0.497 e. The van der Waals surface area contributed by atoms with E-state index in [1.807, 2.05) is 48.5 Å². The van der Waals surface area contributed by atoms with Crippen molar-refractivity contribution in [2.75, 3.05) is 20.2 Å². The number of likely N-dealkylation sites (tertiary alicyclic amines) is 1. The predicted molar refractivity (Wildman–Crippen MR) is 83.8 cm³/mol. The van der Waals surface area contributed by atoms with Crippen molar-refractivity contribution in [3.05, 3.63) is 59.7 Å². The first-order valence-corrected chi connectivity index (χ1v) is 7.29. The number of nitriles is 1. The molecule has 4 nitrogen and oxygen atoms in total. The quantitative estimate of drug-likeness (QED) is 0.850. The van der Waals surface area contributed by atoms with Crippen LogP contribution in [0, 0.1) is 11.3 Å². The van der Waals surface area contributed by atoms with Gasteiger partial charge in [0, 0.05) is 25.7 Å². The Morgan fingerprint density at radius 2 is 1.86 bits per heavy atom. The lowest BCUT2D eigenvalue weighted by Gasteiger charge is -2.39. The first kappa shape index (κ1) is 14.4. The Hall–Kier alpha value is -2.51. The Labute approximate surface area is 130 Å². The van der Waals surface area contributed by atoms with Crippen LogP contribution in [0.1, 0.15) is 11.1 Å². The highest BCUT2D eigenvalue weighted by Gasteiger charge is 2.28. The van der Waals surface area contributed by atoms with E-state index in [9.17, 15) is 0 Å². The summed E-state index contributed by atoms with van der Waals surface area (Å²) in [6, 6.07) is 17.6. The summed E-state index contributed by atoms with van der Waals surface area (Å²) in [6.45, 7) is 2.72. The van der Waals surface area contributed by atoms with Crippen molar-refractivity contribution in [1.29, 1.82) is 5.26 Å². The summed E-state index contributed by atoms with van der Waals surface area (Å²) < 4.78 is 11.1. The highest BCUT2D eigenvalue weighted by molar-refractivity contribution is 5.33. The van der Waals surface area contributed by atoms with Gasteiger partial charge in [-0.25, -0.2) is 0 Å². The van der Waals surface area contributed by atoms with Gasteiger partial charge in [0.15, 0.2) is 0 Å². The summed E-state index contributed by atoms with van der Waals surface area (Å²) >= 11 is 0. The molecule has 0 spiro atoms. The smallest absolute Gasteiger partial charge is 0.124 e. The lowest BCUT2D eigenvalue weighted by Crippen LogP contribution is -2.53. The van der Waals surface area contributed by atoms with E-state index in [1.54, 1.807) is 7.11 Å². The molecule has 1 aliphatic rings. The van der Waals surface area contributed by atoms with E-state index in [-0.39, 0.29) is 6.10 Å². The third-order valence-electron chi connectivity index (χ3n) is 3.76. The molecule has 2 aromatic carbocycles. The maximum Gasteiger partial charge on any atom is 0.124 e. The normalized spacial score (nSPS) is 14.9. The van der Waals surface area contributed by atoms with Crippen LogP contribution < -0.4 is 9.47 Å². The number of ether oxygens (including phenoxy) is 2. The molecule has 0 amide bonds. The molecule has 0 aromatic heterocycles. The molecule has 1 fully saturated rings. The fraction of sp³-hybridized carbons (Fsp3) is 0.278. The number of rotatable bonds is 5. The van der Waals surface area contributed by atoms with Crippen LogP contribution in [0.2, 0.25) is 0 Å².